The third-order valence-corrected chi connectivity index (χ3v) is 4.30. The molecule has 1 amide bonds. The van der Waals surface area contributed by atoms with Crippen LogP contribution in [0.15, 0.2) is 24.3 Å². The molecule has 1 aliphatic carbocycles. The Morgan fingerprint density at radius 1 is 1.17 bits per heavy atom. The summed E-state index contributed by atoms with van der Waals surface area (Å²) in [6.45, 7) is 4.74. The molecule has 0 unspecified atom stereocenters. The Kier molecular flexibility index (Phi) is 6.64. The van der Waals surface area contributed by atoms with Gasteiger partial charge < -0.3 is 14.8 Å². The maximum atomic E-state index is 12.7. The van der Waals surface area contributed by atoms with Crippen LogP contribution in [0, 0.1) is 0 Å². The lowest BCUT2D eigenvalue weighted by Crippen LogP contribution is -2.56. The van der Waals surface area contributed by atoms with E-state index in [0.717, 1.165) is 25.7 Å². The lowest BCUT2D eigenvalue weighted by atomic mass is 9.81. The van der Waals surface area contributed by atoms with Gasteiger partial charge in [0.1, 0.15) is 11.3 Å². The first-order valence-electron chi connectivity index (χ1n) is 8.84. The van der Waals surface area contributed by atoms with Crippen LogP contribution >= 0.6 is 0 Å². The summed E-state index contributed by atoms with van der Waals surface area (Å²) in [5.74, 6) is 0.0849. The average molecular weight is 333 g/mol. The lowest BCUT2D eigenvalue weighted by molar-refractivity contribution is -0.152. The van der Waals surface area contributed by atoms with Crippen molar-refractivity contribution in [2.24, 2.45) is 0 Å². The first-order valence-corrected chi connectivity index (χ1v) is 8.84. The molecule has 0 bridgehead atoms. The Balaban J connectivity index is 2.14. The van der Waals surface area contributed by atoms with E-state index in [9.17, 15) is 9.59 Å². The molecule has 0 aliphatic heterocycles. The molecule has 1 aliphatic rings. The molecule has 0 heterocycles. The van der Waals surface area contributed by atoms with E-state index in [1.807, 2.05) is 13.0 Å². The SMILES string of the molecule is CCCOc1cccc(C(=O)NC2(C(=O)OCC)CCCCC2)c1. The molecule has 2 rings (SSSR count). The Morgan fingerprint density at radius 3 is 2.58 bits per heavy atom. The quantitative estimate of drug-likeness (QED) is 0.776. The number of hydrogen-bond acceptors (Lipinski definition) is 4. The summed E-state index contributed by atoms with van der Waals surface area (Å²) in [5.41, 5.74) is -0.399. The van der Waals surface area contributed by atoms with Crippen molar-refractivity contribution in [3.63, 3.8) is 0 Å². The van der Waals surface area contributed by atoms with Crippen LogP contribution in [0.1, 0.15) is 62.7 Å². The third kappa shape index (κ3) is 4.49. The fourth-order valence-electron chi connectivity index (χ4n) is 3.04. The molecule has 24 heavy (non-hydrogen) atoms. The first-order chi connectivity index (χ1) is 11.6. The molecule has 1 fully saturated rings. The van der Waals surface area contributed by atoms with E-state index in [1.54, 1.807) is 25.1 Å². The highest BCUT2D eigenvalue weighted by molar-refractivity contribution is 5.98. The van der Waals surface area contributed by atoms with Crippen LogP contribution in [0.5, 0.6) is 5.75 Å². The van der Waals surface area contributed by atoms with Gasteiger partial charge in [0, 0.05) is 5.56 Å². The second-order valence-electron chi connectivity index (χ2n) is 6.19. The van der Waals surface area contributed by atoms with Crippen molar-refractivity contribution in [1.82, 2.24) is 5.32 Å². The molecule has 0 aromatic heterocycles. The van der Waals surface area contributed by atoms with Crippen LogP contribution in [0.2, 0.25) is 0 Å². The average Bonchev–Trinajstić information content (AvgIpc) is 2.61. The van der Waals surface area contributed by atoms with Crippen LogP contribution in [0.3, 0.4) is 0 Å². The molecule has 0 spiro atoms. The van der Waals surface area contributed by atoms with Gasteiger partial charge in [-0.3, -0.25) is 4.79 Å². The summed E-state index contributed by atoms with van der Waals surface area (Å²) in [5, 5.41) is 2.95. The Labute approximate surface area is 143 Å². The smallest absolute Gasteiger partial charge is 0.331 e. The molecule has 1 aromatic carbocycles. The lowest BCUT2D eigenvalue weighted by Gasteiger charge is -2.35. The number of rotatable bonds is 7. The molecule has 0 atom stereocenters. The largest absolute Gasteiger partial charge is 0.494 e. The van der Waals surface area contributed by atoms with E-state index in [-0.39, 0.29) is 11.9 Å². The normalized spacial score (nSPS) is 16.2. The molecule has 5 nitrogen and oxygen atoms in total. The van der Waals surface area contributed by atoms with Gasteiger partial charge in [0.05, 0.1) is 13.2 Å². The molecule has 5 heteroatoms. The van der Waals surface area contributed by atoms with Crippen LogP contribution in [-0.2, 0) is 9.53 Å². The fraction of sp³-hybridized carbons (Fsp3) is 0.579. The van der Waals surface area contributed by atoms with Gasteiger partial charge in [-0.05, 0) is 44.4 Å². The van der Waals surface area contributed by atoms with Crippen LogP contribution < -0.4 is 10.1 Å². The zero-order chi connectivity index (χ0) is 17.4. The molecule has 1 N–H and O–H groups in total. The number of carbonyl (C=O) groups is 2. The van der Waals surface area contributed by atoms with E-state index < -0.39 is 5.54 Å². The molecule has 0 saturated heterocycles. The highest BCUT2D eigenvalue weighted by Gasteiger charge is 2.42. The zero-order valence-electron chi connectivity index (χ0n) is 14.6. The Morgan fingerprint density at radius 2 is 1.92 bits per heavy atom. The number of hydrogen-bond donors (Lipinski definition) is 1. The summed E-state index contributed by atoms with van der Waals surface area (Å²) in [6, 6.07) is 7.06. The number of esters is 1. The highest BCUT2D eigenvalue weighted by Crippen LogP contribution is 2.30. The summed E-state index contributed by atoms with van der Waals surface area (Å²) in [6.07, 6.45) is 5.07. The van der Waals surface area contributed by atoms with Crippen molar-refractivity contribution in [1.29, 1.82) is 0 Å². The van der Waals surface area contributed by atoms with Crippen molar-refractivity contribution in [3.05, 3.63) is 29.8 Å². The van der Waals surface area contributed by atoms with E-state index in [4.69, 9.17) is 9.47 Å². The molecule has 1 aromatic rings. The predicted octanol–water partition coefficient (Wildman–Crippen LogP) is 3.47. The Hall–Kier alpha value is -2.04. The summed E-state index contributed by atoms with van der Waals surface area (Å²) in [4.78, 5) is 25.1. The number of nitrogens with one attached hydrogen (secondary N) is 1. The molecular formula is C19H27NO4. The number of benzene rings is 1. The topological polar surface area (TPSA) is 64.6 Å². The third-order valence-electron chi connectivity index (χ3n) is 4.30. The fourth-order valence-corrected chi connectivity index (χ4v) is 3.04. The molecule has 132 valence electrons. The van der Waals surface area contributed by atoms with Gasteiger partial charge in [-0.25, -0.2) is 4.79 Å². The van der Waals surface area contributed by atoms with Crippen molar-refractivity contribution in [3.8, 4) is 5.75 Å². The molecular weight excluding hydrogens is 306 g/mol. The minimum atomic E-state index is -0.897. The minimum Gasteiger partial charge on any atom is -0.494 e. The van der Waals surface area contributed by atoms with Crippen LogP contribution in [-0.4, -0.2) is 30.6 Å². The van der Waals surface area contributed by atoms with Crippen molar-refractivity contribution < 1.29 is 19.1 Å². The monoisotopic (exact) mass is 333 g/mol. The van der Waals surface area contributed by atoms with Gasteiger partial charge in [-0.2, -0.15) is 0 Å². The van der Waals surface area contributed by atoms with Crippen molar-refractivity contribution in [2.45, 2.75) is 57.9 Å². The van der Waals surface area contributed by atoms with Crippen molar-refractivity contribution in [2.75, 3.05) is 13.2 Å². The van der Waals surface area contributed by atoms with Crippen molar-refractivity contribution >= 4 is 11.9 Å². The minimum absolute atomic E-state index is 0.257. The second-order valence-corrected chi connectivity index (χ2v) is 6.19. The predicted molar refractivity (Wildman–Crippen MR) is 92.1 cm³/mol. The Bertz CT molecular complexity index is 564. The summed E-state index contributed by atoms with van der Waals surface area (Å²) >= 11 is 0. The second kappa shape index (κ2) is 8.71. The molecule has 1 saturated carbocycles. The molecule has 0 radical (unpaired) electrons. The standard InChI is InChI=1S/C19H27NO4/c1-3-13-24-16-10-8-9-15(14-16)17(21)20-19(18(22)23-4-2)11-6-5-7-12-19/h8-10,14H,3-7,11-13H2,1-2H3,(H,20,21). The van der Waals surface area contributed by atoms with Crippen LogP contribution in [0.4, 0.5) is 0 Å². The number of carbonyl (C=O) groups excluding carboxylic acids is 2. The number of amides is 1. The van der Waals surface area contributed by atoms with Gasteiger partial charge in [0.2, 0.25) is 0 Å². The summed E-state index contributed by atoms with van der Waals surface area (Å²) in [7, 11) is 0. The maximum Gasteiger partial charge on any atom is 0.331 e. The van der Waals surface area contributed by atoms with Gasteiger partial charge in [0.25, 0.3) is 5.91 Å². The zero-order valence-corrected chi connectivity index (χ0v) is 14.6. The van der Waals surface area contributed by atoms with Gasteiger partial charge in [0.15, 0.2) is 0 Å². The summed E-state index contributed by atoms with van der Waals surface area (Å²) < 4.78 is 10.8. The van der Waals surface area contributed by atoms with E-state index in [1.165, 1.54) is 0 Å². The van der Waals surface area contributed by atoms with E-state index in [0.29, 0.717) is 37.4 Å². The maximum absolute atomic E-state index is 12.7. The first kappa shape index (κ1) is 18.3. The highest BCUT2D eigenvalue weighted by atomic mass is 16.5. The van der Waals surface area contributed by atoms with Gasteiger partial charge >= 0.3 is 5.97 Å². The van der Waals surface area contributed by atoms with Gasteiger partial charge in [-0.1, -0.05) is 32.3 Å². The number of ether oxygens (including phenoxy) is 2. The van der Waals surface area contributed by atoms with Crippen LogP contribution in [0.25, 0.3) is 0 Å². The van der Waals surface area contributed by atoms with E-state index in [2.05, 4.69) is 5.32 Å². The van der Waals surface area contributed by atoms with E-state index >= 15 is 0 Å². The van der Waals surface area contributed by atoms with Gasteiger partial charge in [-0.15, -0.1) is 0 Å².